The molecule has 88 valence electrons. The maximum atomic E-state index is 11.2. The van der Waals surface area contributed by atoms with Crippen LogP contribution < -0.4 is 16.8 Å². The van der Waals surface area contributed by atoms with Crippen LogP contribution in [0.15, 0.2) is 24.3 Å². The number of rotatable bonds is 5. The van der Waals surface area contributed by atoms with Crippen molar-refractivity contribution in [3.8, 4) is 0 Å². The van der Waals surface area contributed by atoms with E-state index < -0.39 is 0 Å². The Morgan fingerprint density at radius 1 is 1.38 bits per heavy atom. The molecule has 4 heteroatoms. The fourth-order valence-electron chi connectivity index (χ4n) is 1.58. The van der Waals surface area contributed by atoms with Crippen LogP contribution in [0.5, 0.6) is 0 Å². The fraction of sp³-hybridized carbons (Fsp3) is 0.417. The number of amides is 1. The quantitative estimate of drug-likeness (QED) is 0.645. The van der Waals surface area contributed by atoms with E-state index in [1.54, 1.807) is 0 Å². The third kappa shape index (κ3) is 3.24. The molecule has 16 heavy (non-hydrogen) atoms. The molecule has 0 spiro atoms. The molecule has 0 aliphatic rings. The van der Waals surface area contributed by atoms with E-state index in [-0.39, 0.29) is 17.9 Å². The lowest BCUT2D eigenvalue weighted by Crippen LogP contribution is -2.44. The summed E-state index contributed by atoms with van der Waals surface area (Å²) in [4.78, 5) is 11.2. The highest BCUT2D eigenvalue weighted by Gasteiger charge is 2.18. The van der Waals surface area contributed by atoms with Gasteiger partial charge in [-0.3, -0.25) is 4.79 Å². The van der Waals surface area contributed by atoms with Gasteiger partial charge in [-0.15, -0.1) is 0 Å². The van der Waals surface area contributed by atoms with Crippen LogP contribution in [0.4, 0.5) is 5.69 Å². The predicted molar refractivity (Wildman–Crippen MR) is 65.5 cm³/mol. The molecule has 0 aliphatic carbocycles. The normalized spacial score (nSPS) is 12.7. The number of anilines is 1. The summed E-state index contributed by atoms with van der Waals surface area (Å²) in [6.45, 7) is 4.46. The Morgan fingerprint density at radius 3 is 2.50 bits per heavy atom. The van der Waals surface area contributed by atoms with E-state index in [1.807, 2.05) is 38.1 Å². The van der Waals surface area contributed by atoms with Crippen molar-refractivity contribution >= 4 is 11.6 Å². The Hall–Kier alpha value is -1.55. The van der Waals surface area contributed by atoms with Crippen molar-refractivity contribution in [2.24, 2.45) is 11.7 Å². The zero-order chi connectivity index (χ0) is 12.1. The maximum absolute atomic E-state index is 11.2. The minimum atomic E-state index is -0.329. The number of nitrogen functional groups attached to an aromatic ring is 1. The number of carbonyl (C=O) groups excluding carboxylic acids is 1. The number of hydrogen-bond acceptors (Lipinski definition) is 3. The van der Waals surface area contributed by atoms with Gasteiger partial charge in [0.1, 0.15) is 0 Å². The second kappa shape index (κ2) is 5.51. The summed E-state index contributed by atoms with van der Waals surface area (Å²) in [5.74, 6) is -0.160. The van der Waals surface area contributed by atoms with Crippen LogP contribution in [0.25, 0.3) is 0 Å². The first-order valence-electron chi connectivity index (χ1n) is 5.38. The van der Waals surface area contributed by atoms with Crippen LogP contribution in [0.2, 0.25) is 0 Å². The van der Waals surface area contributed by atoms with Crippen LogP contribution in [-0.2, 0) is 11.3 Å². The third-order valence-electron chi connectivity index (χ3n) is 2.54. The largest absolute Gasteiger partial charge is 0.398 e. The lowest BCUT2D eigenvalue weighted by Gasteiger charge is -2.19. The number of nitrogens with one attached hydrogen (secondary N) is 1. The molecule has 0 radical (unpaired) electrons. The molecule has 4 nitrogen and oxygen atoms in total. The van der Waals surface area contributed by atoms with Gasteiger partial charge in [-0.2, -0.15) is 0 Å². The van der Waals surface area contributed by atoms with E-state index in [0.717, 1.165) is 11.3 Å². The summed E-state index contributed by atoms with van der Waals surface area (Å²) in [6.07, 6.45) is 0. The highest BCUT2D eigenvalue weighted by Crippen LogP contribution is 2.11. The summed E-state index contributed by atoms with van der Waals surface area (Å²) < 4.78 is 0. The van der Waals surface area contributed by atoms with Gasteiger partial charge in [0.05, 0.1) is 6.04 Å². The molecule has 1 rings (SSSR count). The molecule has 0 fully saturated rings. The van der Waals surface area contributed by atoms with Gasteiger partial charge in [0.15, 0.2) is 0 Å². The van der Waals surface area contributed by atoms with E-state index in [1.165, 1.54) is 0 Å². The molecule has 5 N–H and O–H groups in total. The minimum Gasteiger partial charge on any atom is -0.398 e. The zero-order valence-electron chi connectivity index (χ0n) is 9.73. The second-order valence-corrected chi connectivity index (χ2v) is 4.20. The van der Waals surface area contributed by atoms with Gasteiger partial charge in [-0.05, 0) is 17.5 Å². The molecule has 0 heterocycles. The van der Waals surface area contributed by atoms with Gasteiger partial charge in [-0.25, -0.2) is 0 Å². The fourth-order valence-corrected chi connectivity index (χ4v) is 1.58. The Balaban J connectivity index is 2.63. The van der Waals surface area contributed by atoms with Crippen molar-refractivity contribution in [2.45, 2.75) is 26.4 Å². The number of carbonyl (C=O) groups is 1. The molecule has 1 aromatic carbocycles. The van der Waals surface area contributed by atoms with E-state index in [0.29, 0.717) is 6.54 Å². The summed E-state index contributed by atoms with van der Waals surface area (Å²) in [5, 5.41) is 3.12. The van der Waals surface area contributed by atoms with Gasteiger partial charge in [0.25, 0.3) is 0 Å². The second-order valence-electron chi connectivity index (χ2n) is 4.20. The number of benzene rings is 1. The van der Waals surface area contributed by atoms with Gasteiger partial charge in [-0.1, -0.05) is 32.0 Å². The van der Waals surface area contributed by atoms with E-state index in [2.05, 4.69) is 5.32 Å². The lowest BCUT2D eigenvalue weighted by atomic mass is 10.0. The van der Waals surface area contributed by atoms with E-state index in [9.17, 15) is 4.79 Å². The van der Waals surface area contributed by atoms with Crippen LogP contribution in [0.1, 0.15) is 19.4 Å². The standard InChI is InChI=1S/C12H19N3O/c1-8(2)11(12(14)16)15-7-9-5-3-4-6-10(9)13/h3-6,8,11,15H,7,13H2,1-2H3,(H2,14,16). The van der Waals surface area contributed by atoms with Crippen molar-refractivity contribution < 1.29 is 4.79 Å². The number of primary amides is 1. The highest BCUT2D eigenvalue weighted by atomic mass is 16.1. The van der Waals surface area contributed by atoms with Crippen molar-refractivity contribution in [1.29, 1.82) is 0 Å². The van der Waals surface area contributed by atoms with E-state index >= 15 is 0 Å². The molecular formula is C12H19N3O. The smallest absolute Gasteiger partial charge is 0.234 e. The first-order valence-corrected chi connectivity index (χ1v) is 5.38. The summed E-state index contributed by atoms with van der Waals surface area (Å²) in [7, 11) is 0. The summed E-state index contributed by atoms with van der Waals surface area (Å²) in [5.41, 5.74) is 12.8. The first-order chi connectivity index (χ1) is 7.52. The molecule has 1 atom stereocenters. The number of hydrogen-bond donors (Lipinski definition) is 3. The molecule has 0 saturated heterocycles. The highest BCUT2D eigenvalue weighted by molar-refractivity contribution is 5.80. The third-order valence-corrected chi connectivity index (χ3v) is 2.54. The van der Waals surface area contributed by atoms with Crippen LogP contribution in [0, 0.1) is 5.92 Å². The molecule has 0 aliphatic heterocycles. The number of para-hydroxylation sites is 1. The average Bonchev–Trinajstić information content (AvgIpc) is 2.20. The Morgan fingerprint density at radius 2 is 2.00 bits per heavy atom. The Kier molecular flexibility index (Phi) is 4.31. The van der Waals surface area contributed by atoms with Gasteiger partial charge < -0.3 is 16.8 Å². The minimum absolute atomic E-state index is 0.169. The van der Waals surface area contributed by atoms with Crippen molar-refractivity contribution in [1.82, 2.24) is 5.32 Å². The summed E-state index contributed by atoms with van der Waals surface area (Å²) >= 11 is 0. The zero-order valence-corrected chi connectivity index (χ0v) is 9.73. The average molecular weight is 221 g/mol. The topological polar surface area (TPSA) is 81.1 Å². The van der Waals surface area contributed by atoms with Crippen molar-refractivity contribution in [3.05, 3.63) is 29.8 Å². The Bertz CT molecular complexity index is 363. The summed E-state index contributed by atoms with van der Waals surface area (Å²) in [6, 6.07) is 7.25. The molecule has 0 saturated carbocycles. The molecule has 0 aromatic heterocycles. The Labute approximate surface area is 96.0 Å². The number of nitrogens with two attached hydrogens (primary N) is 2. The molecular weight excluding hydrogens is 202 g/mol. The van der Waals surface area contributed by atoms with E-state index in [4.69, 9.17) is 11.5 Å². The molecule has 1 aromatic rings. The monoisotopic (exact) mass is 221 g/mol. The SMILES string of the molecule is CC(C)C(NCc1ccccc1N)C(N)=O. The first kappa shape index (κ1) is 12.5. The molecule has 1 unspecified atom stereocenters. The lowest BCUT2D eigenvalue weighted by molar-refractivity contribution is -0.121. The predicted octanol–water partition coefficient (Wildman–Crippen LogP) is 0.868. The van der Waals surface area contributed by atoms with Gasteiger partial charge >= 0.3 is 0 Å². The van der Waals surface area contributed by atoms with Gasteiger partial charge in [0.2, 0.25) is 5.91 Å². The molecule has 0 bridgehead atoms. The van der Waals surface area contributed by atoms with Gasteiger partial charge in [0, 0.05) is 12.2 Å². The molecule has 1 amide bonds. The maximum Gasteiger partial charge on any atom is 0.234 e. The van der Waals surface area contributed by atoms with Crippen LogP contribution in [-0.4, -0.2) is 11.9 Å². The van der Waals surface area contributed by atoms with Crippen molar-refractivity contribution in [3.63, 3.8) is 0 Å². The van der Waals surface area contributed by atoms with Crippen LogP contribution in [0.3, 0.4) is 0 Å². The van der Waals surface area contributed by atoms with Crippen molar-refractivity contribution in [2.75, 3.05) is 5.73 Å². The van der Waals surface area contributed by atoms with Crippen LogP contribution >= 0.6 is 0 Å².